The van der Waals surface area contributed by atoms with Crippen molar-refractivity contribution in [3.8, 4) is 0 Å². The smallest absolute Gasteiger partial charge is 0.198 e. The molecular weight excluding hydrogens is 218 g/mol. The Morgan fingerprint density at radius 1 is 1.31 bits per heavy atom. The fourth-order valence-electron chi connectivity index (χ4n) is 1.50. The molecule has 1 aromatic carbocycles. The first-order valence-corrected chi connectivity index (χ1v) is 5.49. The third kappa shape index (κ3) is 2.28. The van der Waals surface area contributed by atoms with Crippen molar-refractivity contribution in [1.82, 2.24) is 14.3 Å². The molecule has 0 saturated carbocycles. The van der Waals surface area contributed by atoms with Crippen LogP contribution in [0.3, 0.4) is 0 Å². The molecule has 0 amide bonds. The molecule has 0 aliphatic heterocycles. The minimum Gasteiger partial charge on any atom is -0.303 e. The van der Waals surface area contributed by atoms with Crippen LogP contribution in [0.2, 0.25) is 0 Å². The molecule has 0 saturated heterocycles. The predicted octanol–water partition coefficient (Wildman–Crippen LogP) is 2.65. The van der Waals surface area contributed by atoms with Gasteiger partial charge in [0.15, 0.2) is 4.77 Å². The Morgan fingerprint density at radius 2 is 2.06 bits per heavy atom. The van der Waals surface area contributed by atoms with E-state index in [9.17, 15) is 0 Å². The van der Waals surface area contributed by atoms with Crippen LogP contribution in [-0.2, 0) is 13.1 Å². The summed E-state index contributed by atoms with van der Waals surface area (Å²) in [4.78, 5) is 0. The third-order valence-corrected chi connectivity index (χ3v) is 2.74. The molecule has 1 aromatic heterocycles. The van der Waals surface area contributed by atoms with E-state index in [0.717, 1.165) is 4.77 Å². The minimum absolute atomic E-state index is 0.702. The van der Waals surface area contributed by atoms with Crippen LogP contribution in [-0.4, -0.2) is 14.3 Å². The van der Waals surface area contributed by atoms with E-state index >= 15 is 0 Å². The second-order valence-corrected chi connectivity index (χ2v) is 3.86. The standard InChI is InChI=1S/C12H13N3S/c1-2-8-14-10-13-15(12(14)16)9-11-6-4-3-5-7-11/h2-7,10H,1,8-9H2. The first-order chi connectivity index (χ1) is 7.81. The van der Waals surface area contributed by atoms with Gasteiger partial charge in [0.25, 0.3) is 0 Å². The lowest BCUT2D eigenvalue weighted by Gasteiger charge is -2.01. The van der Waals surface area contributed by atoms with Gasteiger partial charge in [-0.2, -0.15) is 5.10 Å². The maximum absolute atomic E-state index is 5.31. The summed E-state index contributed by atoms with van der Waals surface area (Å²) in [5.41, 5.74) is 1.20. The van der Waals surface area contributed by atoms with Gasteiger partial charge < -0.3 is 4.57 Å². The molecular formula is C12H13N3S. The summed E-state index contributed by atoms with van der Waals surface area (Å²) < 4.78 is 4.43. The van der Waals surface area contributed by atoms with E-state index in [2.05, 4.69) is 23.8 Å². The normalized spacial score (nSPS) is 10.2. The molecule has 0 unspecified atom stereocenters. The fourth-order valence-corrected chi connectivity index (χ4v) is 1.73. The van der Waals surface area contributed by atoms with E-state index in [1.807, 2.05) is 33.5 Å². The van der Waals surface area contributed by atoms with Crippen LogP contribution in [0.4, 0.5) is 0 Å². The average molecular weight is 231 g/mol. The molecule has 0 aliphatic carbocycles. The van der Waals surface area contributed by atoms with Crippen molar-refractivity contribution in [2.75, 3.05) is 0 Å². The molecule has 0 N–H and O–H groups in total. The highest BCUT2D eigenvalue weighted by Crippen LogP contribution is 2.02. The van der Waals surface area contributed by atoms with Crippen molar-refractivity contribution < 1.29 is 0 Å². The second kappa shape index (κ2) is 4.90. The zero-order valence-corrected chi connectivity index (χ0v) is 9.73. The van der Waals surface area contributed by atoms with Gasteiger partial charge in [0, 0.05) is 6.54 Å². The third-order valence-electron chi connectivity index (χ3n) is 2.30. The molecule has 2 aromatic rings. The van der Waals surface area contributed by atoms with Crippen molar-refractivity contribution in [1.29, 1.82) is 0 Å². The van der Waals surface area contributed by atoms with Gasteiger partial charge in [-0.05, 0) is 17.8 Å². The summed E-state index contributed by atoms with van der Waals surface area (Å²) in [5, 5.41) is 4.26. The molecule has 0 bridgehead atoms. The van der Waals surface area contributed by atoms with Crippen molar-refractivity contribution in [3.63, 3.8) is 0 Å². The van der Waals surface area contributed by atoms with Crippen molar-refractivity contribution in [3.05, 3.63) is 59.6 Å². The molecule has 16 heavy (non-hydrogen) atoms. The van der Waals surface area contributed by atoms with Gasteiger partial charge in [-0.15, -0.1) is 6.58 Å². The van der Waals surface area contributed by atoms with Gasteiger partial charge in [-0.1, -0.05) is 36.4 Å². The Bertz CT molecular complexity index is 525. The Kier molecular flexibility index (Phi) is 3.31. The fraction of sp³-hybridized carbons (Fsp3) is 0.167. The van der Waals surface area contributed by atoms with Gasteiger partial charge in [0.1, 0.15) is 6.33 Å². The van der Waals surface area contributed by atoms with E-state index in [1.54, 1.807) is 6.33 Å². The van der Waals surface area contributed by atoms with Gasteiger partial charge >= 0.3 is 0 Å². The Balaban J connectivity index is 2.23. The Hall–Kier alpha value is -1.68. The predicted molar refractivity (Wildman–Crippen MR) is 66.8 cm³/mol. The lowest BCUT2D eigenvalue weighted by atomic mass is 10.2. The van der Waals surface area contributed by atoms with Gasteiger partial charge in [-0.3, -0.25) is 0 Å². The molecule has 0 radical (unpaired) electrons. The monoisotopic (exact) mass is 231 g/mol. The number of benzene rings is 1. The lowest BCUT2D eigenvalue weighted by Crippen LogP contribution is -2.03. The SMILES string of the molecule is C=CCn1cnn(Cc2ccccc2)c1=S. The summed E-state index contributed by atoms with van der Waals surface area (Å²) in [6.07, 6.45) is 3.55. The van der Waals surface area contributed by atoms with Crippen LogP contribution in [0, 0.1) is 4.77 Å². The number of hydrogen-bond acceptors (Lipinski definition) is 2. The molecule has 0 aliphatic rings. The summed E-state index contributed by atoms with van der Waals surface area (Å²) in [6, 6.07) is 10.2. The summed E-state index contributed by atoms with van der Waals surface area (Å²) >= 11 is 5.31. The van der Waals surface area contributed by atoms with Gasteiger partial charge in [-0.25, -0.2) is 4.68 Å². The van der Waals surface area contributed by atoms with Crippen molar-refractivity contribution in [2.45, 2.75) is 13.1 Å². The maximum atomic E-state index is 5.31. The highest BCUT2D eigenvalue weighted by atomic mass is 32.1. The van der Waals surface area contributed by atoms with Crippen LogP contribution in [0.15, 0.2) is 49.3 Å². The highest BCUT2D eigenvalue weighted by molar-refractivity contribution is 7.71. The van der Waals surface area contributed by atoms with Gasteiger partial charge in [0.05, 0.1) is 6.54 Å². The minimum atomic E-state index is 0.702. The second-order valence-electron chi connectivity index (χ2n) is 3.50. The molecule has 4 heteroatoms. The van der Waals surface area contributed by atoms with Crippen LogP contribution < -0.4 is 0 Å². The van der Waals surface area contributed by atoms with Crippen LogP contribution in [0.5, 0.6) is 0 Å². The van der Waals surface area contributed by atoms with Crippen LogP contribution >= 0.6 is 12.2 Å². The number of allylic oxidation sites excluding steroid dienone is 1. The molecule has 1 heterocycles. The average Bonchev–Trinajstić information content (AvgIpc) is 2.64. The summed E-state index contributed by atoms with van der Waals surface area (Å²) in [7, 11) is 0. The molecule has 82 valence electrons. The Morgan fingerprint density at radius 3 is 2.75 bits per heavy atom. The first-order valence-electron chi connectivity index (χ1n) is 5.08. The number of nitrogens with zero attached hydrogens (tertiary/aromatic N) is 3. The molecule has 0 atom stereocenters. The van der Waals surface area contributed by atoms with E-state index in [4.69, 9.17) is 12.2 Å². The van der Waals surface area contributed by atoms with E-state index < -0.39 is 0 Å². The largest absolute Gasteiger partial charge is 0.303 e. The maximum Gasteiger partial charge on any atom is 0.198 e. The van der Waals surface area contributed by atoms with E-state index in [1.165, 1.54) is 5.56 Å². The zero-order valence-electron chi connectivity index (χ0n) is 8.91. The molecule has 2 rings (SSSR count). The quantitative estimate of drug-likeness (QED) is 0.596. The first kappa shape index (κ1) is 10.8. The number of rotatable bonds is 4. The van der Waals surface area contributed by atoms with E-state index in [-0.39, 0.29) is 0 Å². The highest BCUT2D eigenvalue weighted by Gasteiger charge is 2.00. The summed E-state index contributed by atoms with van der Waals surface area (Å²) in [6.45, 7) is 5.10. The topological polar surface area (TPSA) is 22.8 Å². The molecule has 0 fully saturated rings. The lowest BCUT2D eigenvalue weighted by molar-refractivity contribution is 0.662. The van der Waals surface area contributed by atoms with Crippen molar-refractivity contribution >= 4 is 12.2 Å². The van der Waals surface area contributed by atoms with Crippen molar-refractivity contribution in [2.24, 2.45) is 0 Å². The molecule has 3 nitrogen and oxygen atoms in total. The van der Waals surface area contributed by atoms with Crippen LogP contribution in [0.1, 0.15) is 5.56 Å². The zero-order chi connectivity index (χ0) is 11.4. The molecule has 0 spiro atoms. The number of aromatic nitrogens is 3. The van der Waals surface area contributed by atoms with Gasteiger partial charge in [0.2, 0.25) is 0 Å². The summed E-state index contributed by atoms with van der Waals surface area (Å²) in [5.74, 6) is 0. The van der Waals surface area contributed by atoms with E-state index in [0.29, 0.717) is 13.1 Å². The van der Waals surface area contributed by atoms with Crippen LogP contribution in [0.25, 0.3) is 0 Å². The Labute approximate surface area is 99.7 Å². The number of hydrogen-bond donors (Lipinski definition) is 0.